The van der Waals surface area contributed by atoms with Gasteiger partial charge in [0.25, 0.3) is 0 Å². The lowest BCUT2D eigenvalue weighted by atomic mass is 10.3. The minimum absolute atomic E-state index is 0.201. The average Bonchev–Trinajstić information content (AvgIpc) is 2.31. The minimum Gasteiger partial charge on any atom is -0.510 e. The number of halogens is 1. The summed E-state index contributed by atoms with van der Waals surface area (Å²) >= 11 is 3.30. The molecule has 0 spiro atoms. The number of rotatable bonds is 4. The molecule has 0 heterocycles. The van der Waals surface area contributed by atoms with Crippen molar-refractivity contribution in [2.45, 2.75) is 13.8 Å². The second-order valence-electron chi connectivity index (χ2n) is 3.31. The Kier molecular flexibility index (Phi) is 5.51. The fourth-order valence-electron chi connectivity index (χ4n) is 1.10. The van der Waals surface area contributed by atoms with Gasteiger partial charge in [-0.3, -0.25) is 0 Å². The number of hydrogen-bond donors (Lipinski definition) is 1. The van der Waals surface area contributed by atoms with Crippen LogP contribution < -0.4 is 0 Å². The number of nitrogens with zero attached hydrogens (tertiary/aromatic N) is 2. The Morgan fingerprint density at radius 3 is 2.67 bits per heavy atom. The van der Waals surface area contributed by atoms with Gasteiger partial charge in [-0.2, -0.15) is 0 Å². The van der Waals surface area contributed by atoms with E-state index in [1.807, 2.05) is 6.07 Å². The highest BCUT2D eigenvalue weighted by Gasteiger charge is 2.13. The van der Waals surface area contributed by atoms with Gasteiger partial charge in [0.15, 0.2) is 0 Å². The first-order valence-corrected chi connectivity index (χ1v) is 6.08. The van der Waals surface area contributed by atoms with Crippen molar-refractivity contribution in [3.63, 3.8) is 0 Å². The van der Waals surface area contributed by atoms with Crippen LogP contribution in [-0.4, -0.2) is 17.7 Å². The molecule has 0 aliphatic carbocycles. The van der Waals surface area contributed by atoms with Crippen LogP contribution in [-0.2, 0) is 9.53 Å². The first kappa shape index (κ1) is 14.4. The van der Waals surface area contributed by atoms with Gasteiger partial charge in [0, 0.05) is 4.47 Å². The molecule has 96 valence electrons. The van der Waals surface area contributed by atoms with E-state index in [2.05, 4.69) is 26.2 Å². The van der Waals surface area contributed by atoms with Crippen LogP contribution in [0, 0.1) is 0 Å². The van der Waals surface area contributed by atoms with Gasteiger partial charge >= 0.3 is 5.97 Å². The number of carbonyl (C=O) groups is 1. The van der Waals surface area contributed by atoms with Gasteiger partial charge in [-0.25, -0.2) is 4.79 Å². The smallest absolute Gasteiger partial charge is 0.362 e. The fraction of sp³-hybridized carbons (Fsp3) is 0.250. The van der Waals surface area contributed by atoms with Crippen LogP contribution in [0.1, 0.15) is 13.8 Å². The Hall–Kier alpha value is -1.69. The third-order valence-corrected chi connectivity index (χ3v) is 2.59. The van der Waals surface area contributed by atoms with Gasteiger partial charge < -0.3 is 9.84 Å². The van der Waals surface area contributed by atoms with Crippen molar-refractivity contribution in [2.75, 3.05) is 6.61 Å². The molecule has 5 nitrogen and oxygen atoms in total. The summed E-state index contributed by atoms with van der Waals surface area (Å²) in [5.41, 5.74) is 0.355. The van der Waals surface area contributed by atoms with Gasteiger partial charge in [0.2, 0.25) is 5.70 Å². The third kappa shape index (κ3) is 3.96. The van der Waals surface area contributed by atoms with Crippen molar-refractivity contribution in [2.24, 2.45) is 10.2 Å². The lowest BCUT2D eigenvalue weighted by Gasteiger charge is -2.02. The van der Waals surface area contributed by atoms with E-state index in [9.17, 15) is 9.90 Å². The van der Waals surface area contributed by atoms with E-state index in [0.717, 1.165) is 4.47 Å². The molecule has 0 fully saturated rings. The van der Waals surface area contributed by atoms with Crippen LogP contribution in [0.3, 0.4) is 0 Å². The van der Waals surface area contributed by atoms with Crippen LogP contribution in [0.4, 0.5) is 5.69 Å². The number of carbonyl (C=O) groups excluding carboxylic acids is 1. The molecule has 0 unspecified atom stereocenters. The molecule has 0 aliphatic rings. The van der Waals surface area contributed by atoms with Crippen LogP contribution in [0.5, 0.6) is 0 Å². The second kappa shape index (κ2) is 6.90. The lowest BCUT2D eigenvalue weighted by molar-refractivity contribution is -0.138. The zero-order valence-electron chi connectivity index (χ0n) is 10.1. The van der Waals surface area contributed by atoms with Gasteiger partial charge in [-0.05, 0) is 41.9 Å². The number of benzene rings is 1. The number of hydrogen-bond acceptors (Lipinski definition) is 5. The predicted molar refractivity (Wildman–Crippen MR) is 70.6 cm³/mol. The summed E-state index contributed by atoms with van der Waals surface area (Å²) in [6.07, 6.45) is 0. The molecule has 6 heteroatoms. The summed E-state index contributed by atoms with van der Waals surface area (Å²) in [4.78, 5) is 11.5. The summed E-state index contributed by atoms with van der Waals surface area (Å²) in [5.74, 6) is -0.933. The van der Waals surface area contributed by atoms with E-state index >= 15 is 0 Å². The molecule has 0 aliphatic heterocycles. The molecule has 0 saturated heterocycles. The number of ether oxygens (including phenoxy) is 1. The van der Waals surface area contributed by atoms with Gasteiger partial charge in [0.05, 0.1) is 12.3 Å². The van der Waals surface area contributed by atoms with E-state index in [0.29, 0.717) is 5.69 Å². The summed E-state index contributed by atoms with van der Waals surface area (Å²) in [6, 6.07) is 7.15. The van der Waals surface area contributed by atoms with Crippen molar-refractivity contribution >= 4 is 27.6 Å². The number of esters is 1. The Labute approximate surface area is 113 Å². The maximum Gasteiger partial charge on any atom is 0.362 e. The van der Waals surface area contributed by atoms with Crippen LogP contribution in [0.2, 0.25) is 0 Å². The molecule has 1 rings (SSSR count). The van der Waals surface area contributed by atoms with Crippen molar-refractivity contribution in [1.82, 2.24) is 0 Å². The lowest BCUT2D eigenvalue weighted by Crippen LogP contribution is -2.07. The van der Waals surface area contributed by atoms with E-state index in [1.165, 1.54) is 6.92 Å². The van der Waals surface area contributed by atoms with E-state index < -0.39 is 5.97 Å². The Morgan fingerprint density at radius 2 is 2.11 bits per heavy atom. The molecule has 0 radical (unpaired) electrons. The largest absolute Gasteiger partial charge is 0.510 e. The molecule has 0 atom stereocenters. The van der Waals surface area contributed by atoms with Crippen molar-refractivity contribution in [1.29, 1.82) is 0 Å². The summed E-state index contributed by atoms with van der Waals surface area (Å²) in [5, 5.41) is 17.0. The monoisotopic (exact) mass is 312 g/mol. The Bertz CT molecular complexity index is 494. The van der Waals surface area contributed by atoms with Crippen LogP contribution in [0.15, 0.2) is 50.4 Å². The fourth-order valence-corrected chi connectivity index (χ4v) is 1.46. The predicted octanol–water partition coefficient (Wildman–Crippen LogP) is 3.89. The molecule has 1 aromatic rings. The zero-order valence-corrected chi connectivity index (χ0v) is 11.6. The van der Waals surface area contributed by atoms with E-state index in [4.69, 9.17) is 4.74 Å². The Morgan fingerprint density at radius 1 is 1.44 bits per heavy atom. The second-order valence-corrected chi connectivity index (χ2v) is 4.16. The van der Waals surface area contributed by atoms with Crippen molar-refractivity contribution in [3.8, 4) is 0 Å². The molecular weight excluding hydrogens is 300 g/mol. The SMILES string of the molecule is CCOC(=O)/C(N=Nc1ccccc1Br)=C(\C)O. The minimum atomic E-state index is -0.701. The van der Waals surface area contributed by atoms with E-state index in [-0.39, 0.29) is 18.1 Å². The van der Waals surface area contributed by atoms with Crippen LogP contribution >= 0.6 is 15.9 Å². The van der Waals surface area contributed by atoms with Crippen molar-refractivity contribution < 1.29 is 14.6 Å². The number of azo groups is 1. The van der Waals surface area contributed by atoms with Crippen molar-refractivity contribution in [3.05, 3.63) is 40.2 Å². The number of aliphatic hydroxyl groups excluding tert-OH is 1. The van der Waals surface area contributed by atoms with Gasteiger partial charge in [0.1, 0.15) is 5.76 Å². The topological polar surface area (TPSA) is 71.2 Å². The Balaban J connectivity index is 2.96. The number of aliphatic hydroxyl groups is 1. The van der Waals surface area contributed by atoms with Gasteiger partial charge in [-0.15, -0.1) is 10.2 Å². The first-order chi connectivity index (χ1) is 8.56. The summed E-state index contributed by atoms with van der Waals surface area (Å²) in [6.45, 7) is 3.23. The molecule has 0 amide bonds. The number of allylic oxidation sites excluding steroid dienone is 1. The van der Waals surface area contributed by atoms with E-state index in [1.54, 1.807) is 25.1 Å². The molecule has 18 heavy (non-hydrogen) atoms. The highest BCUT2D eigenvalue weighted by atomic mass is 79.9. The normalized spacial score (nSPS) is 12.4. The maximum atomic E-state index is 11.5. The molecule has 0 bridgehead atoms. The summed E-state index contributed by atoms with van der Waals surface area (Å²) < 4.78 is 5.50. The standard InChI is InChI=1S/C12H13BrN2O3/c1-3-18-12(17)11(8(2)16)15-14-10-7-5-4-6-9(10)13/h4-7,16H,3H2,1-2H3/b11-8-,15-14?. The quantitative estimate of drug-likeness (QED) is 0.397. The maximum absolute atomic E-state index is 11.5. The molecule has 1 N–H and O–H groups in total. The van der Waals surface area contributed by atoms with Gasteiger partial charge in [-0.1, -0.05) is 12.1 Å². The molecule has 1 aromatic carbocycles. The zero-order chi connectivity index (χ0) is 13.5. The molecule has 0 saturated carbocycles. The highest BCUT2D eigenvalue weighted by molar-refractivity contribution is 9.10. The first-order valence-electron chi connectivity index (χ1n) is 5.29. The summed E-state index contributed by atoms with van der Waals surface area (Å²) in [7, 11) is 0. The highest BCUT2D eigenvalue weighted by Crippen LogP contribution is 2.25. The molecular formula is C12H13BrN2O3. The average molecular weight is 313 g/mol. The van der Waals surface area contributed by atoms with Crippen LogP contribution in [0.25, 0.3) is 0 Å². The third-order valence-electron chi connectivity index (χ3n) is 1.92. The molecule has 0 aromatic heterocycles.